The molecule has 1 aromatic carbocycles. The third-order valence-corrected chi connectivity index (χ3v) is 2.93. The van der Waals surface area contributed by atoms with E-state index in [0.717, 1.165) is 5.56 Å². The van der Waals surface area contributed by atoms with Gasteiger partial charge in [-0.15, -0.1) is 0 Å². The summed E-state index contributed by atoms with van der Waals surface area (Å²) in [5.74, 6) is -0.741. The second-order valence-electron chi connectivity index (χ2n) is 4.15. The molecule has 1 aromatic heterocycles. The number of nitrogens with one attached hydrogen (secondary N) is 1. The molecule has 0 aliphatic rings. The van der Waals surface area contributed by atoms with Crippen molar-refractivity contribution in [3.8, 4) is 0 Å². The summed E-state index contributed by atoms with van der Waals surface area (Å²) in [5.41, 5.74) is 6.79. The molecule has 0 saturated carbocycles. The maximum atomic E-state index is 12.0. The van der Waals surface area contributed by atoms with Gasteiger partial charge in [0.25, 0.3) is 5.91 Å². The Labute approximate surface area is 120 Å². The van der Waals surface area contributed by atoms with Gasteiger partial charge in [-0.1, -0.05) is 23.7 Å². The molecule has 2 amide bonds. The normalized spacial score (nSPS) is 10.1. The number of nitrogens with zero attached hydrogens (tertiary/aromatic N) is 1. The molecule has 2 rings (SSSR count). The van der Waals surface area contributed by atoms with Crippen LogP contribution in [-0.2, 0) is 11.2 Å². The van der Waals surface area contributed by atoms with E-state index in [4.69, 9.17) is 17.3 Å². The molecule has 0 bridgehead atoms. The second-order valence-corrected chi connectivity index (χ2v) is 4.56. The maximum absolute atomic E-state index is 12.0. The van der Waals surface area contributed by atoms with Crippen LogP contribution in [0.15, 0.2) is 42.7 Å². The fourth-order valence-electron chi connectivity index (χ4n) is 1.65. The Morgan fingerprint density at radius 2 is 1.90 bits per heavy atom. The Kier molecular flexibility index (Phi) is 4.32. The highest BCUT2D eigenvalue weighted by Gasteiger charge is 2.10. The molecule has 0 radical (unpaired) electrons. The molecular formula is C14H12ClN3O2. The fourth-order valence-corrected chi connectivity index (χ4v) is 1.84. The number of hydrogen-bond donors (Lipinski definition) is 2. The van der Waals surface area contributed by atoms with Crippen molar-refractivity contribution in [2.24, 2.45) is 5.73 Å². The molecule has 102 valence electrons. The minimum atomic E-state index is -0.399. The van der Waals surface area contributed by atoms with Gasteiger partial charge in [-0.05, 0) is 23.8 Å². The summed E-state index contributed by atoms with van der Waals surface area (Å²) >= 11 is 5.92. The lowest BCUT2D eigenvalue weighted by Gasteiger charge is -2.07. The maximum Gasteiger partial charge on any atom is 0.258 e. The molecule has 0 spiro atoms. The summed E-state index contributed by atoms with van der Waals surface area (Å²) in [6, 6.07) is 8.39. The number of halogens is 1. The molecule has 3 N–H and O–H groups in total. The van der Waals surface area contributed by atoms with E-state index in [9.17, 15) is 9.59 Å². The van der Waals surface area contributed by atoms with Crippen LogP contribution in [0, 0.1) is 0 Å². The molecule has 0 saturated heterocycles. The predicted molar refractivity (Wildman–Crippen MR) is 76.5 cm³/mol. The molecule has 0 aliphatic heterocycles. The minimum Gasteiger partial charge on any atom is -0.369 e. The standard InChI is InChI=1S/C14H12ClN3O2/c15-12-5-6-17-8-11(12)14(20)18-10-3-1-9(2-4-10)7-13(16)19/h1-6,8H,7H2,(H2,16,19)(H,18,20). The third kappa shape index (κ3) is 3.55. The van der Waals surface area contributed by atoms with Crippen LogP contribution >= 0.6 is 11.6 Å². The number of hydrogen-bond acceptors (Lipinski definition) is 3. The average molecular weight is 290 g/mol. The van der Waals surface area contributed by atoms with Crippen LogP contribution in [0.2, 0.25) is 5.02 Å². The van der Waals surface area contributed by atoms with Gasteiger partial charge in [-0.25, -0.2) is 0 Å². The van der Waals surface area contributed by atoms with Crippen molar-refractivity contribution in [2.75, 3.05) is 5.32 Å². The zero-order chi connectivity index (χ0) is 14.5. The number of benzene rings is 1. The van der Waals surface area contributed by atoms with Gasteiger partial charge in [0.2, 0.25) is 5.91 Å². The largest absolute Gasteiger partial charge is 0.369 e. The van der Waals surface area contributed by atoms with E-state index < -0.39 is 5.91 Å². The van der Waals surface area contributed by atoms with E-state index in [-0.39, 0.29) is 12.3 Å². The lowest BCUT2D eigenvalue weighted by Crippen LogP contribution is -2.14. The minimum absolute atomic E-state index is 0.169. The number of aromatic nitrogens is 1. The molecule has 20 heavy (non-hydrogen) atoms. The van der Waals surface area contributed by atoms with E-state index >= 15 is 0 Å². The Bertz CT molecular complexity index is 641. The highest BCUT2D eigenvalue weighted by Crippen LogP contribution is 2.16. The lowest BCUT2D eigenvalue weighted by molar-refractivity contribution is -0.117. The summed E-state index contributed by atoms with van der Waals surface area (Å²) in [7, 11) is 0. The molecule has 0 unspecified atom stereocenters. The Morgan fingerprint density at radius 1 is 1.20 bits per heavy atom. The quantitative estimate of drug-likeness (QED) is 0.903. The van der Waals surface area contributed by atoms with Crippen molar-refractivity contribution >= 4 is 29.1 Å². The summed E-state index contributed by atoms with van der Waals surface area (Å²) in [4.78, 5) is 26.6. The number of carbonyl (C=O) groups excluding carboxylic acids is 2. The molecule has 6 heteroatoms. The van der Waals surface area contributed by atoms with E-state index in [1.165, 1.54) is 12.4 Å². The van der Waals surface area contributed by atoms with Crippen LogP contribution in [0.25, 0.3) is 0 Å². The van der Waals surface area contributed by atoms with Crippen molar-refractivity contribution in [3.05, 3.63) is 58.9 Å². The van der Waals surface area contributed by atoms with Gasteiger partial charge < -0.3 is 11.1 Å². The average Bonchev–Trinajstić information content (AvgIpc) is 2.41. The van der Waals surface area contributed by atoms with Crippen molar-refractivity contribution < 1.29 is 9.59 Å². The number of anilines is 1. The third-order valence-electron chi connectivity index (χ3n) is 2.60. The predicted octanol–water partition coefficient (Wildman–Crippen LogP) is 2.02. The Balaban J connectivity index is 2.09. The van der Waals surface area contributed by atoms with Gasteiger partial charge >= 0.3 is 0 Å². The van der Waals surface area contributed by atoms with Crippen LogP contribution < -0.4 is 11.1 Å². The highest BCUT2D eigenvalue weighted by atomic mass is 35.5. The molecule has 0 atom stereocenters. The van der Waals surface area contributed by atoms with E-state index in [1.807, 2.05) is 0 Å². The fraction of sp³-hybridized carbons (Fsp3) is 0.0714. The monoisotopic (exact) mass is 289 g/mol. The van der Waals surface area contributed by atoms with Crippen molar-refractivity contribution in [3.63, 3.8) is 0 Å². The summed E-state index contributed by atoms with van der Waals surface area (Å²) < 4.78 is 0. The first-order chi connectivity index (χ1) is 9.56. The van der Waals surface area contributed by atoms with Gasteiger partial charge in [-0.2, -0.15) is 0 Å². The second kappa shape index (κ2) is 6.16. The van der Waals surface area contributed by atoms with Crippen molar-refractivity contribution in [2.45, 2.75) is 6.42 Å². The number of primary amides is 1. The summed E-state index contributed by atoms with van der Waals surface area (Å²) in [5, 5.41) is 3.04. The van der Waals surface area contributed by atoms with E-state index in [0.29, 0.717) is 16.3 Å². The van der Waals surface area contributed by atoms with E-state index in [2.05, 4.69) is 10.3 Å². The number of carbonyl (C=O) groups is 2. The molecule has 5 nitrogen and oxygen atoms in total. The van der Waals surface area contributed by atoms with Crippen LogP contribution in [0.4, 0.5) is 5.69 Å². The van der Waals surface area contributed by atoms with Crippen molar-refractivity contribution in [1.29, 1.82) is 0 Å². The van der Waals surface area contributed by atoms with Crippen LogP contribution in [0.3, 0.4) is 0 Å². The number of nitrogens with two attached hydrogens (primary N) is 1. The molecule has 0 aliphatic carbocycles. The van der Waals surface area contributed by atoms with Crippen LogP contribution in [0.5, 0.6) is 0 Å². The van der Waals surface area contributed by atoms with Crippen LogP contribution in [0.1, 0.15) is 15.9 Å². The van der Waals surface area contributed by atoms with Gasteiger partial charge in [-0.3, -0.25) is 14.6 Å². The molecule has 2 aromatic rings. The van der Waals surface area contributed by atoms with Crippen molar-refractivity contribution in [1.82, 2.24) is 4.98 Å². The Morgan fingerprint density at radius 3 is 2.50 bits per heavy atom. The SMILES string of the molecule is NC(=O)Cc1ccc(NC(=O)c2cnccc2Cl)cc1. The number of pyridine rings is 1. The molecular weight excluding hydrogens is 278 g/mol. The van der Waals surface area contributed by atoms with Gasteiger partial charge in [0.15, 0.2) is 0 Å². The van der Waals surface area contributed by atoms with E-state index in [1.54, 1.807) is 30.3 Å². The summed E-state index contributed by atoms with van der Waals surface area (Å²) in [6.07, 6.45) is 3.08. The first kappa shape index (κ1) is 14.0. The first-order valence-corrected chi connectivity index (χ1v) is 6.22. The number of rotatable bonds is 4. The molecule has 0 fully saturated rings. The highest BCUT2D eigenvalue weighted by molar-refractivity contribution is 6.34. The molecule has 1 heterocycles. The van der Waals surface area contributed by atoms with Gasteiger partial charge in [0, 0.05) is 18.1 Å². The van der Waals surface area contributed by atoms with Crippen LogP contribution in [-0.4, -0.2) is 16.8 Å². The van der Waals surface area contributed by atoms with Gasteiger partial charge in [0.1, 0.15) is 0 Å². The zero-order valence-corrected chi connectivity index (χ0v) is 11.2. The topological polar surface area (TPSA) is 85.1 Å². The number of amides is 2. The zero-order valence-electron chi connectivity index (χ0n) is 10.5. The lowest BCUT2D eigenvalue weighted by atomic mass is 10.1. The van der Waals surface area contributed by atoms with Gasteiger partial charge in [0.05, 0.1) is 17.0 Å². The smallest absolute Gasteiger partial charge is 0.258 e. The summed E-state index contributed by atoms with van der Waals surface area (Å²) in [6.45, 7) is 0. The first-order valence-electron chi connectivity index (χ1n) is 5.84. The Hall–Kier alpha value is -2.40.